The van der Waals surface area contributed by atoms with Gasteiger partial charge in [0, 0.05) is 19.6 Å². The molecular formula is C20H25N3O2. The monoisotopic (exact) mass is 339 g/mol. The van der Waals surface area contributed by atoms with E-state index in [1.807, 2.05) is 36.7 Å². The molecule has 0 spiro atoms. The van der Waals surface area contributed by atoms with E-state index in [-0.39, 0.29) is 12.3 Å². The molecule has 1 heterocycles. The molecule has 0 N–H and O–H groups in total. The molecule has 0 radical (unpaired) electrons. The second-order valence-corrected chi connectivity index (χ2v) is 5.97. The van der Waals surface area contributed by atoms with Crippen LogP contribution < -0.4 is 0 Å². The van der Waals surface area contributed by atoms with Crippen molar-refractivity contribution in [2.24, 2.45) is 0 Å². The van der Waals surface area contributed by atoms with E-state index < -0.39 is 0 Å². The average Bonchev–Trinajstić information content (AvgIpc) is 3.05. The highest BCUT2D eigenvalue weighted by Gasteiger charge is 2.24. The lowest BCUT2D eigenvalue weighted by Gasteiger charge is -2.25. The van der Waals surface area contributed by atoms with Gasteiger partial charge in [-0.05, 0) is 44.0 Å². The topological polar surface area (TPSA) is 49.2 Å². The summed E-state index contributed by atoms with van der Waals surface area (Å²) in [6.07, 6.45) is 0.405. The van der Waals surface area contributed by atoms with Crippen LogP contribution in [0.2, 0.25) is 0 Å². The molecule has 132 valence electrons. The molecule has 5 nitrogen and oxygen atoms in total. The summed E-state index contributed by atoms with van der Waals surface area (Å²) in [7, 11) is 0. The lowest BCUT2D eigenvalue weighted by Crippen LogP contribution is -2.25. The summed E-state index contributed by atoms with van der Waals surface area (Å²) in [6, 6.07) is 16.4. The second-order valence-electron chi connectivity index (χ2n) is 5.97. The highest BCUT2D eigenvalue weighted by Crippen LogP contribution is 2.29. The zero-order valence-corrected chi connectivity index (χ0v) is 15.1. The van der Waals surface area contributed by atoms with Crippen molar-refractivity contribution in [3.63, 3.8) is 0 Å². The van der Waals surface area contributed by atoms with Crippen LogP contribution in [-0.4, -0.2) is 34.5 Å². The van der Waals surface area contributed by atoms with Crippen molar-refractivity contribution in [1.29, 1.82) is 0 Å². The van der Waals surface area contributed by atoms with Crippen molar-refractivity contribution in [2.45, 2.75) is 39.5 Å². The van der Waals surface area contributed by atoms with Gasteiger partial charge in [0.2, 0.25) is 0 Å². The first-order chi connectivity index (χ1) is 12.2. The van der Waals surface area contributed by atoms with Gasteiger partial charge in [-0.15, -0.1) is 5.10 Å². The summed E-state index contributed by atoms with van der Waals surface area (Å²) < 4.78 is 13.6. The molecule has 1 unspecified atom stereocenters. The van der Waals surface area contributed by atoms with Gasteiger partial charge in [-0.2, -0.15) is 0 Å². The Balaban J connectivity index is 2.04. The number of aryl methyl sites for hydroxylation is 1. The number of hydrogen-bond acceptors (Lipinski definition) is 4. The molecule has 3 rings (SSSR count). The van der Waals surface area contributed by atoms with Crippen molar-refractivity contribution >= 4 is 11.0 Å². The molecule has 2 aromatic carbocycles. The number of benzene rings is 2. The van der Waals surface area contributed by atoms with Crippen molar-refractivity contribution in [2.75, 3.05) is 13.2 Å². The van der Waals surface area contributed by atoms with Gasteiger partial charge < -0.3 is 9.47 Å². The highest BCUT2D eigenvalue weighted by molar-refractivity contribution is 5.74. The predicted molar refractivity (Wildman–Crippen MR) is 98.5 cm³/mol. The minimum Gasteiger partial charge on any atom is -0.353 e. The third-order valence-electron chi connectivity index (χ3n) is 4.34. The molecule has 0 amide bonds. The Kier molecular flexibility index (Phi) is 5.79. The maximum absolute atomic E-state index is 5.80. The number of rotatable bonds is 8. The third kappa shape index (κ3) is 3.89. The van der Waals surface area contributed by atoms with Crippen LogP contribution in [0.1, 0.15) is 37.4 Å². The van der Waals surface area contributed by atoms with Gasteiger partial charge in [0.05, 0.1) is 11.6 Å². The zero-order chi connectivity index (χ0) is 17.6. The summed E-state index contributed by atoms with van der Waals surface area (Å²) in [5.74, 6) is 0. The summed E-state index contributed by atoms with van der Waals surface area (Å²) in [5.41, 5.74) is 4.34. The van der Waals surface area contributed by atoms with Gasteiger partial charge in [-0.3, -0.25) is 0 Å². The van der Waals surface area contributed by atoms with E-state index in [0.29, 0.717) is 19.6 Å². The van der Waals surface area contributed by atoms with E-state index in [1.54, 1.807) is 0 Å². The molecular weight excluding hydrogens is 314 g/mol. The Hall–Kier alpha value is -2.24. The number of aromatic nitrogens is 3. The number of para-hydroxylation sites is 1. The number of ether oxygens (including phenoxy) is 2. The largest absolute Gasteiger partial charge is 0.353 e. The summed E-state index contributed by atoms with van der Waals surface area (Å²) in [5, 5.41) is 8.77. The van der Waals surface area contributed by atoms with E-state index in [0.717, 1.165) is 11.0 Å². The molecule has 0 saturated carbocycles. The Morgan fingerprint density at radius 2 is 1.64 bits per heavy atom. The van der Waals surface area contributed by atoms with Gasteiger partial charge in [0.15, 0.2) is 6.29 Å². The van der Waals surface area contributed by atoms with E-state index in [1.165, 1.54) is 11.1 Å². The molecule has 0 saturated heterocycles. The minimum absolute atomic E-state index is 0.00306. The first-order valence-electron chi connectivity index (χ1n) is 8.83. The first kappa shape index (κ1) is 17.6. The third-order valence-corrected chi connectivity index (χ3v) is 4.34. The maximum Gasteiger partial charge on any atom is 0.159 e. The van der Waals surface area contributed by atoms with Gasteiger partial charge in [0.1, 0.15) is 5.52 Å². The summed E-state index contributed by atoms with van der Waals surface area (Å²) in [6.45, 7) is 7.32. The fourth-order valence-electron chi connectivity index (χ4n) is 3.17. The zero-order valence-electron chi connectivity index (χ0n) is 15.1. The molecule has 1 aromatic heterocycles. The molecule has 5 heteroatoms. The van der Waals surface area contributed by atoms with Gasteiger partial charge in [0.25, 0.3) is 0 Å². The Bertz CT molecular complexity index is 809. The second kappa shape index (κ2) is 8.23. The van der Waals surface area contributed by atoms with Gasteiger partial charge in [-0.1, -0.05) is 41.6 Å². The molecule has 3 aromatic rings. The lowest BCUT2D eigenvalue weighted by atomic mass is 9.98. The summed E-state index contributed by atoms with van der Waals surface area (Å²) in [4.78, 5) is 0. The van der Waals surface area contributed by atoms with E-state index in [2.05, 4.69) is 47.6 Å². The quantitative estimate of drug-likeness (QED) is 0.579. The number of nitrogens with zero attached hydrogens (tertiary/aromatic N) is 3. The fraction of sp³-hybridized carbons (Fsp3) is 0.400. The van der Waals surface area contributed by atoms with Crippen LogP contribution >= 0.6 is 0 Å². The Labute approximate surface area is 148 Å². The van der Waals surface area contributed by atoms with Gasteiger partial charge in [-0.25, -0.2) is 4.68 Å². The SMILES string of the molecule is CCOC(CC(c1ccccc1C)n1nnc2ccccc21)OCC. The van der Waals surface area contributed by atoms with E-state index >= 15 is 0 Å². The predicted octanol–water partition coefficient (Wildman–Crippen LogP) is 4.12. The maximum atomic E-state index is 5.80. The number of fused-ring (bicyclic) bond motifs is 1. The molecule has 0 fully saturated rings. The van der Waals surface area contributed by atoms with Crippen molar-refractivity contribution in [3.05, 3.63) is 59.7 Å². The van der Waals surface area contributed by atoms with Crippen LogP contribution in [0.3, 0.4) is 0 Å². The van der Waals surface area contributed by atoms with Crippen molar-refractivity contribution in [1.82, 2.24) is 15.0 Å². The molecule has 25 heavy (non-hydrogen) atoms. The average molecular weight is 339 g/mol. The minimum atomic E-state index is -0.275. The number of hydrogen-bond donors (Lipinski definition) is 0. The van der Waals surface area contributed by atoms with E-state index in [4.69, 9.17) is 9.47 Å². The van der Waals surface area contributed by atoms with Crippen LogP contribution in [0, 0.1) is 6.92 Å². The molecule has 0 aliphatic heterocycles. The standard InChI is InChI=1S/C20H25N3O2/c1-4-24-20(25-5-2)14-19(16-11-7-6-10-15(16)3)23-18-13-9-8-12-17(18)21-22-23/h6-13,19-20H,4-5,14H2,1-3H3. The van der Waals surface area contributed by atoms with Gasteiger partial charge >= 0.3 is 0 Å². The smallest absolute Gasteiger partial charge is 0.159 e. The van der Waals surface area contributed by atoms with E-state index in [9.17, 15) is 0 Å². The first-order valence-corrected chi connectivity index (χ1v) is 8.83. The highest BCUT2D eigenvalue weighted by atomic mass is 16.7. The summed E-state index contributed by atoms with van der Waals surface area (Å²) >= 11 is 0. The van der Waals surface area contributed by atoms with Crippen molar-refractivity contribution in [3.8, 4) is 0 Å². The van der Waals surface area contributed by atoms with Crippen LogP contribution in [0.5, 0.6) is 0 Å². The molecule has 1 atom stereocenters. The Morgan fingerprint density at radius 3 is 2.36 bits per heavy atom. The van der Waals surface area contributed by atoms with Crippen LogP contribution in [0.15, 0.2) is 48.5 Å². The normalized spacial score (nSPS) is 12.8. The lowest BCUT2D eigenvalue weighted by molar-refractivity contribution is -0.143. The Morgan fingerprint density at radius 1 is 0.960 bits per heavy atom. The molecule has 0 bridgehead atoms. The fourth-order valence-corrected chi connectivity index (χ4v) is 3.17. The van der Waals surface area contributed by atoms with Crippen molar-refractivity contribution < 1.29 is 9.47 Å². The molecule has 0 aliphatic rings. The van der Waals surface area contributed by atoms with Crippen LogP contribution in [-0.2, 0) is 9.47 Å². The van der Waals surface area contributed by atoms with Crippen LogP contribution in [0.25, 0.3) is 11.0 Å². The van der Waals surface area contributed by atoms with Crippen LogP contribution in [0.4, 0.5) is 0 Å². The molecule has 0 aliphatic carbocycles.